The van der Waals surface area contributed by atoms with Gasteiger partial charge in [0.25, 0.3) is 11.8 Å². The Balaban J connectivity index is 1.56. The quantitative estimate of drug-likeness (QED) is 0.233. The van der Waals surface area contributed by atoms with Crippen molar-refractivity contribution in [1.29, 1.82) is 0 Å². The van der Waals surface area contributed by atoms with Crippen molar-refractivity contribution in [2.24, 2.45) is 0 Å². The summed E-state index contributed by atoms with van der Waals surface area (Å²) in [5.41, 5.74) is 3.87. The zero-order valence-corrected chi connectivity index (χ0v) is 22.1. The van der Waals surface area contributed by atoms with Crippen molar-refractivity contribution in [3.63, 3.8) is 0 Å². The molecule has 0 radical (unpaired) electrons. The summed E-state index contributed by atoms with van der Waals surface area (Å²) in [6.07, 6.45) is 1.28. The normalized spacial score (nSPS) is 10.6. The van der Waals surface area contributed by atoms with Crippen LogP contribution in [0.25, 0.3) is 11.1 Å². The van der Waals surface area contributed by atoms with Gasteiger partial charge in [-0.1, -0.05) is 78.9 Å². The van der Waals surface area contributed by atoms with Gasteiger partial charge in [0.1, 0.15) is 5.82 Å². The van der Waals surface area contributed by atoms with Crippen LogP contribution in [-0.4, -0.2) is 40.9 Å². The zero-order valence-electron chi connectivity index (χ0n) is 22.1. The Morgan fingerprint density at radius 3 is 1.98 bits per heavy atom. The Labute approximate surface area is 233 Å². The molecule has 6 nitrogen and oxygen atoms in total. The molecule has 0 saturated carbocycles. The molecule has 0 atom stereocenters. The first-order valence-electron chi connectivity index (χ1n) is 13.2. The molecule has 2 amide bonds. The van der Waals surface area contributed by atoms with Crippen LogP contribution < -0.4 is 5.32 Å². The van der Waals surface area contributed by atoms with Gasteiger partial charge in [-0.15, -0.1) is 0 Å². The molecule has 0 aliphatic carbocycles. The lowest BCUT2D eigenvalue weighted by atomic mass is 9.94. The molecule has 0 bridgehead atoms. The van der Waals surface area contributed by atoms with Gasteiger partial charge in [-0.25, -0.2) is 4.39 Å². The molecule has 0 aliphatic heterocycles. The van der Waals surface area contributed by atoms with Gasteiger partial charge in [0, 0.05) is 30.8 Å². The topological polar surface area (TPSA) is 86.7 Å². The number of carboxylic acid groups (broad SMARTS) is 1. The molecule has 4 aromatic rings. The minimum atomic E-state index is -0.975. The van der Waals surface area contributed by atoms with Crippen molar-refractivity contribution in [3.05, 3.63) is 131 Å². The van der Waals surface area contributed by atoms with Crippen LogP contribution in [0.15, 0.2) is 103 Å². The largest absolute Gasteiger partial charge is 0.481 e. The predicted octanol–water partition coefficient (Wildman–Crippen LogP) is 5.97. The van der Waals surface area contributed by atoms with E-state index >= 15 is 0 Å². The highest BCUT2D eigenvalue weighted by atomic mass is 19.1. The fourth-order valence-electron chi connectivity index (χ4n) is 4.53. The Morgan fingerprint density at radius 1 is 0.700 bits per heavy atom. The zero-order chi connectivity index (χ0) is 28.3. The minimum absolute atomic E-state index is 0.0804. The maximum Gasteiger partial charge on any atom is 0.305 e. The maximum atomic E-state index is 13.8. The van der Waals surface area contributed by atoms with Crippen LogP contribution in [-0.2, 0) is 17.8 Å². The predicted molar refractivity (Wildman–Crippen MR) is 152 cm³/mol. The number of aliphatic carboxylic acids is 1. The standard InChI is InChI=1S/C33H31FN2O4/c34-26-18-16-25(17-19-26)23-35-32(39)29-14-6-4-12-27(29)28-13-5-7-15-30(28)33(40)36(22-20-31(37)38)21-8-11-24-9-2-1-3-10-24/h1-7,9-10,12-19H,8,11,20-23H2,(H,35,39)(H,37,38). The molecule has 0 fully saturated rings. The number of hydrogen-bond acceptors (Lipinski definition) is 3. The molecule has 0 unspecified atom stereocenters. The van der Waals surface area contributed by atoms with Gasteiger partial charge in [-0.2, -0.15) is 0 Å². The molecule has 0 spiro atoms. The van der Waals surface area contributed by atoms with E-state index in [-0.39, 0.29) is 37.1 Å². The van der Waals surface area contributed by atoms with Crippen LogP contribution >= 0.6 is 0 Å². The number of carbonyl (C=O) groups excluding carboxylic acids is 2. The number of nitrogens with zero attached hydrogens (tertiary/aromatic N) is 1. The van der Waals surface area contributed by atoms with Crippen molar-refractivity contribution in [1.82, 2.24) is 10.2 Å². The van der Waals surface area contributed by atoms with Gasteiger partial charge in [-0.05, 0) is 59.4 Å². The molecule has 0 aromatic heterocycles. The van der Waals surface area contributed by atoms with E-state index in [0.29, 0.717) is 35.2 Å². The van der Waals surface area contributed by atoms with Crippen molar-refractivity contribution in [2.75, 3.05) is 13.1 Å². The SMILES string of the molecule is O=C(O)CCN(CCCc1ccccc1)C(=O)c1ccccc1-c1ccccc1C(=O)NCc1ccc(F)cc1. The van der Waals surface area contributed by atoms with Gasteiger partial charge in [0.2, 0.25) is 0 Å². The van der Waals surface area contributed by atoms with E-state index in [1.54, 1.807) is 65.6 Å². The number of aryl methyl sites for hydroxylation is 1. The Bertz CT molecular complexity index is 1460. The molecule has 2 N–H and O–H groups in total. The number of carboxylic acids is 1. The van der Waals surface area contributed by atoms with Crippen molar-refractivity contribution >= 4 is 17.8 Å². The van der Waals surface area contributed by atoms with E-state index in [1.165, 1.54) is 12.1 Å². The average Bonchev–Trinajstić information content (AvgIpc) is 2.98. The van der Waals surface area contributed by atoms with E-state index in [2.05, 4.69) is 5.32 Å². The molecule has 204 valence electrons. The first-order valence-corrected chi connectivity index (χ1v) is 13.2. The number of carbonyl (C=O) groups is 3. The molecule has 0 heterocycles. The molecule has 0 aliphatic rings. The van der Waals surface area contributed by atoms with Gasteiger partial charge >= 0.3 is 5.97 Å². The van der Waals surface area contributed by atoms with Crippen LogP contribution in [0.5, 0.6) is 0 Å². The molecule has 7 heteroatoms. The number of hydrogen-bond donors (Lipinski definition) is 2. The summed E-state index contributed by atoms with van der Waals surface area (Å²) in [5, 5.41) is 12.2. The summed E-state index contributed by atoms with van der Waals surface area (Å²) >= 11 is 0. The van der Waals surface area contributed by atoms with Crippen LogP contribution in [0.2, 0.25) is 0 Å². The molecule has 0 saturated heterocycles. The van der Waals surface area contributed by atoms with E-state index in [4.69, 9.17) is 0 Å². The third-order valence-electron chi connectivity index (χ3n) is 6.60. The summed E-state index contributed by atoms with van der Waals surface area (Å²) in [5.74, 6) is -1.93. The lowest BCUT2D eigenvalue weighted by Gasteiger charge is -2.24. The fraction of sp³-hybridized carbons (Fsp3) is 0.182. The molecular formula is C33H31FN2O4. The Morgan fingerprint density at radius 2 is 1.30 bits per heavy atom. The fourth-order valence-corrected chi connectivity index (χ4v) is 4.53. The van der Waals surface area contributed by atoms with E-state index in [0.717, 1.165) is 17.5 Å². The lowest BCUT2D eigenvalue weighted by Crippen LogP contribution is -2.34. The monoisotopic (exact) mass is 538 g/mol. The minimum Gasteiger partial charge on any atom is -0.481 e. The van der Waals surface area contributed by atoms with Gasteiger partial charge < -0.3 is 15.3 Å². The molecular weight excluding hydrogens is 507 g/mol. The van der Waals surface area contributed by atoms with E-state index < -0.39 is 5.97 Å². The van der Waals surface area contributed by atoms with Crippen molar-refractivity contribution in [2.45, 2.75) is 25.8 Å². The van der Waals surface area contributed by atoms with Crippen LogP contribution in [0.1, 0.15) is 44.7 Å². The highest BCUT2D eigenvalue weighted by Gasteiger charge is 2.22. The Kier molecular flexibility index (Phi) is 9.77. The second-order valence-electron chi connectivity index (χ2n) is 9.43. The first kappa shape index (κ1) is 28.2. The molecule has 40 heavy (non-hydrogen) atoms. The second-order valence-corrected chi connectivity index (χ2v) is 9.43. The Hall–Kier alpha value is -4.78. The number of amides is 2. The summed E-state index contributed by atoms with van der Waals surface area (Å²) in [7, 11) is 0. The number of benzene rings is 4. The lowest BCUT2D eigenvalue weighted by molar-refractivity contribution is -0.137. The summed E-state index contributed by atoms with van der Waals surface area (Å²) < 4.78 is 13.2. The number of rotatable bonds is 12. The molecule has 4 aromatic carbocycles. The third-order valence-corrected chi connectivity index (χ3v) is 6.60. The van der Waals surface area contributed by atoms with E-state index in [1.807, 2.05) is 30.3 Å². The van der Waals surface area contributed by atoms with E-state index in [9.17, 15) is 23.9 Å². The highest BCUT2D eigenvalue weighted by Crippen LogP contribution is 2.28. The number of halogens is 1. The van der Waals surface area contributed by atoms with Crippen molar-refractivity contribution in [3.8, 4) is 11.1 Å². The first-order chi connectivity index (χ1) is 19.4. The second kappa shape index (κ2) is 13.8. The van der Waals surface area contributed by atoms with Crippen molar-refractivity contribution < 1.29 is 23.9 Å². The summed E-state index contributed by atoms with van der Waals surface area (Å²) in [6, 6.07) is 29.9. The van der Waals surface area contributed by atoms with Gasteiger partial charge in [0.05, 0.1) is 6.42 Å². The smallest absolute Gasteiger partial charge is 0.305 e. The van der Waals surface area contributed by atoms with Crippen LogP contribution in [0.4, 0.5) is 4.39 Å². The van der Waals surface area contributed by atoms with Crippen LogP contribution in [0.3, 0.4) is 0 Å². The average molecular weight is 539 g/mol. The number of nitrogens with one attached hydrogen (secondary N) is 1. The third kappa shape index (κ3) is 7.63. The summed E-state index contributed by atoms with van der Waals surface area (Å²) in [4.78, 5) is 39.9. The summed E-state index contributed by atoms with van der Waals surface area (Å²) in [6.45, 7) is 0.699. The highest BCUT2D eigenvalue weighted by molar-refractivity contribution is 6.06. The van der Waals surface area contributed by atoms with Gasteiger partial charge in [0.15, 0.2) is 0 Å². The van der Waals surface area contributed by atoms with Gasteiger partial charge in [-0.3, -0.25) is 14.4 Å². The van der Waals surface area contributed by atoms with Crippen LogP contribution in [0, 0.1) is 5.82 Å². The molecule has 4 rings (SSSR count). The maximum absolute atomic E-state index is 13.8.